The van der Waals surface area contributed by atoms with Crippen LogP contribution in [-0.4, -0.2) is 29.2 Å². The molecule has 0 aromatic heterocycles. The molecular formula is C4H6N2OS. The third-order valence-corrected chi connectivity index (χ3v) is 1.48. The van der Waals surface area contributed by atoms with Gasteiger partial charge in [-0.1, -0.05) is 0 Å². The van der Waals surface area contributed by atoms with Crippen LogP contribution >= 0.6 is 11.9 Å². The Morgan fingerprint density at radius 3 is 3.00 bits per heavy atom. The number of carbonyl (C=O) groups excluding carboxylic acids is 1. The van der Waals surface area contributed by atoms with Gasteiger partial charge >= 0.3 is 0 Å². The molecule has 0 bridgehead atoms. The zero-order chi connectivity index (χ0) is 5.98. The summed E-state index contributed by atoms with van der Waals surface area (Å²) in [7, 11) is 0. The van der Waals surface area contributed by atoms with Gasteiger partial charge in [0, 0.05) is 6.26 Å². The van der Waals surface area contributed by atoms with Crippen LogP contribution in [0, 0.1) is 0 Å². The molecular weight excluding hydrogens is 124 g/mol. The highest BCUT2D eigenvalue weighted by Gasteiger charge is 2.10. The molecule has 44 valence electrons. The first-order chi connectivity index (χ1) is 3.83. The molecule has 0 fully saturated rings. The summed E-state index contributed by atoms with van der Waals surface area (Å²) in [6.07, 6.45) is 3.23. The van der Waals surface area contributed by atoms with Crippen molar-refractivity contribution in [1.82, 2.24) is 4.41 Å². The molecule has 0 unspecified atom stereocenters. The summed E-state index contributed by atoms with van der Waals surface area (Å²) in [4.78, 5) is 10.4. The van der Waals surface area contributed by atoms with Crippen LogP contribution in [0.5, 0.6) is 0 Å². The second-order valence-electron chi connectivity index (χ2n) is 1.40. The summed E-state index contributed by atoms with van der Waals surface area (Å²) in [6, 6.07) is 0. The Morgan fingerprint density at radius 2 is 2.75 bits per heavy atom. The Hall–Kier alpha value is -0.510. The molecule has 8 heavy (non-hydrogen) atoms. The first-order valence-electron chi connectivity index (χ1n) is 2.21. The number of Topliss-reactive ketones (excluding diaryl/α,β-unsaturated/α-hetero) is 1. The second kappa shape index (κ2) is 2.17. The fourth-order valence-electron chi connectivity index (χ4n) is 0.455. The lowest BCUT2D eigenvalue weighted by Gasteiger charge is -2.04. The first-order valence-corrected chi connectivity index (χ1v) is 3.39. The fraction of sp³-hybridized carbons (Fsp3) is 0.500. The van der Waals surface area contributed by atoms with Crippen molar-refractivity contribution in [2.75, 3.05) is 12.8 Å². The normalized spacial score (nSPS) is 18.1. The van der Waals surface area contributed by atoms with Crippen molar-refractivity contribution in [3.63, 3.8) is 0 Å². The van der Waals surface area contributed by atoms with E-state index in [0.717, 1.165) is 0 Å². The van der Waals surface area contributed by atoms with Gasteiger partial charge in [-0.3, -0.25) is 4.79 Å². The van der Waals surface area contributed by atoms with Crippen LogP contribution in [0.4, 0.5) is 0 Å². The number of nitrogens with zero attached hydrogens (tertiary/aromatic N) is 2. The maximum atomic E-state index is 10.4. The van der Waals surface area contributed by atoms with Crippen molar-refractivity contribution in [3.05, 3.63) is 0 Å². The number of hydrogen-bond acceptors (Lipinski definition) is 4. The third kappa shape index (κ3) is 1.01. The summed E-state index contributed by atoms with van der Waals surface area (Å²) in [5, 5.41) is 3.76. The van der Waals surface area contributed by atoms with Crippen LogP contribution in [0.15, 0.2) is 5.10 Å². The standard InChI is InChI=1S/C4H6N2OS/c1-8-6-3-4(7)2-5-6/h2H,3H2,1H3. The summed E-state index contributed by atoms with van der Waals surface area (Å²) in [5.74, 6) is 0.0827. The molecule has 0 saturated carbocycles. The molecule has 0 aromatic carbocycles. The van der Waals surface area contributed by atoms with Crippen LogP contribution < -0.4 is 0 Å². The zero-order valence-corrected chi connectivity index (χ0v) is 5.31. The first kappa shape index (κ1) is 5.62. The van der Waals surface area contributed by atoms with Gasteiger partial charge in [0.05, 0.1) is 6.21 Å². The quantitative estimate of drug-likeness (QED) is 0.473. The molecule has 1 heterocycles. The van der Waals surface area contributed by atoms with E-state index in [1.54, 1.807) is 4.41 Å². The van der Waals surface area contributed by atoms with Crippen LogP contribution in [0.3, 0.4) is 0 Å². The lowest BCUT2D eigenvalue weighted by Crippen LogP contribution is -2.09. The third-order valence-electron chi connectivity index (χ3n) is 0.832. The second-order valence-corrected chi connectivity index (χ2v) is 2.19. The van der Waals surface area contributed by atoms with Gasteiger partial charge in [-0.15, -0.1) is 0 Å². The molecule has 0 spiro atoms. The van der Waals surface area contributed by atoms with Crippen LogP contribution in [-0.2, 0) is 4.79 Å². The predicted octanol–water partition coefficient (Wildman–Crippen LogP) is 0.135. The fourth-order valence-corrected chi connectivity index (χ4v) is 0.853. The summed E-state index contributed by atoms with van der Waals surface area (Å²) >= 11 is 1.45. The van der Waals surface area contributed by atoms with E-state index in [1.807, 2.05) is 6.26 Å². The maximum absolute atomic E-state index is 10.4. The minimum Gasteiger partial charge on any atom is -0.291 e. The SMILES string of the molecule is CSN1CC(=O)C=N1. The number of ketones is 1. The highest BCUT2D eigenvalue weighted by Crippen LogP contribution is 2.07. The molecule has 0 amide bonds. The van der Waals surface area contributed by atoms with E-state index in [0.29, 0.717) is 6.54 Å². The molecule has 0 radical (unpaired) electrons. The Balaban J connectivity index is 2.46. The van der Waals surface area contributed by atoms with Gasteiger partial charge in [-0.2, -0.15) is 5.10 Å². The molecule has 4 heteroatoms. The number of hydrazone groups is 1. The molecule has 0 saturated heterocycles. The lowest BCUT2D eigenvalue weighted by atomic mass is 10.5. The number of hydrogen-bond donors (Lipinski definition) is 0. The van der Waals surface area contributed by atoms with Crippen molar-refractivity contribution in [2.24, 2.45) is 5.10 Å². The monoisotopic (exact) mass is 130 g/mol. The van der Waals surface area contributed by atoms with E-state index >= 15 is 0 Å². The smallest absolute Gasteiger partial charge is 0.197 e. The largest absolute Gasteiger partial charge is 0.291 e. The zero-order valence-electron chi connectivity index (χ0n) is 4.50. The average Bonchev–Trinajstić information content (AvgIpc) is 2.14. The highest BCUT2D eigenvalue weighted by molar-refractivity contribution is 7.96. The number of rotatable bonds is 1. The van der Waals surface area contributed by atoms with Crippen LogP contribution in [0.2, 0.25) is 0 Å². The predicted molar refractivity (Wildman–Crippen MR) is 33.7 cm³/mol. The van der Waals surface area contributed by atoms with Crippen molar-refractivity contribution in [2.45, 2.75) is 0 Å². The Morgan fingerprint density at radius 1 is 2.00 bits per heavy atom. The molecule has 0 atom stereocenters. The molecule has 1 rings (SSSR count). The van der Waals surface area contributed by atoms with E-state index in [2.05, 4.69) is 5.10 Å². The Kier molecular flexibility index (Phi) is 1.53. The topological polar surface area (TPSA) is 32.7 Å². The van der Waals surface area contributed by atoms with Crippen molar-refractivity contribution in [3.8, 4) is 0 Å². The van der Waals surface area contributed by atoms with Crippen molar-refractivity contribution >= 4 is 23.9 Å². The molecule has 1 aliphatic rings. The Bertz CT molecular complexity index is 134. The van der Waals surface area contributed by atoms with Gasteiger partial charge in [0.15, 0.2) is 5.78 Å². The van der Waals surface area contributed by atoms with E-state index < -0.39 is 0 Å². The van der Waals surface area contributed by atoms with Gasteiger partial charge in [0.25, 0.3) is 0 Å². The summed E-state index contributed by atoms with van der Waals surface area (Å²) < 4.78 is 1.64. The average molecular weight is 130 g/mol. The minimum absolute atomic E-state index is 0.0827. The van der Waals surface area contributed by atoms with Gasteiger partial charge < -0.3 is 0 Å². The van der Waals surface area contributed by atoms with Gasteiger partial charge in [0.1, 0.15) is 6.54 Å². The van der Waals surface area contributed by atoms with Gasteiger partial charge in [-0.25, -0.2) is 4.41 Å². The van der Waals surface area contributed by atoms with Crippen LogP contribution in [0.25, 0.3) is 0 Å². The van der Waals surface area contributed by atoms with Gasteiger partial charge in [-0.05, 0) is 11.9 Å². The molecule has 1 aliphatic heterocycles. The molecule has 3 nitrogen and oxygen atoms in total. The Labute approximate surface area is 51.9 Å². The maximum Gasteiger partial charge on any atom is 0.197 e. The summed E-state index contributed by atoms with van der Waals surface area (Å²) in [6.45, 7) is 0.432. The number of carbonyl (C=O) groups is 1. The van der Waals surface area contributed by atoms with E-state index in [-0.39, 0.29) is 5.78 Å². The highest BCUT2D eigenvalue weighted by atomic mass is 32.2. The van der Waals surface area contributed by atoms with E-state index in [9.17, 15) is 4.79 Å². The minimum atomic E-state index is 0.0827. The lowest BCUT2D eigenvalue weighted by molar-refractivity contribution is -0.111. The molecule has 0 N–H and O–H groups in total. The molecule has 0 aliphatic carbocycles. The summed E-state index contributed by atoms with van der Waals surface area (Å²) in [5.41, 5.74) is 0. The van der Waals surface area contributed by atoms with E-state index in [4.69, 9.17) is 0 Å². The van der Waals surface area contributed by atoms with Gasteiger partial charge in [0.2, 0.25) is 0 Å². The van der Waals surface area contributed by atoms with Crippen molar-refractivity contribution < 1.29 is 4.79 Å². The molecule has 0 aromatic rings. The van der Waals surface area contributed by atoms with E-state index in [1.165, 1.54) is 18.2 Å². The van der Waals surface area contributed by atoms with Crippen molar-refractivity contribution in [1.29, 1.82) is 0 Å². The van der Waals surface area contributed by atoms with Crippen LogP contribution in [0.1, 0.15) is 0 Å².